The molecule has 30 heavy (non-hydrogen) atoms. The molecule has 2 aromatic rings. The lowest BCUT2D eigenvalue weighted by atomic mass is 10.2. The summed E-state index contributed by atoms with van der Waals surface area (Å²) in [7, 11) is 3.27. The van der Waals surface area contributed by atoms with Crippen LogP contribution < -0.4 is 9.47 Å². The van der Waals surface area contributed by atoms with Gasteiger partial charge in [0.05, 0.1) is 39.6 Å². The van der Waals surface area contributed by atoms with Crippen molar-refractivity contribution in [3.05, 3.63) is 33.5 Å². The molecule has 10 heteroatoms. The first kappa shape index (κ1) is 25.0. The van der Waals surface area contributed by atoms with Gasteiger partial charge in [-0.15, -0.1) is 0 Å². The van der Waals surface area contributed by atoms with E-state index < -0.39 is 0 Å². The van der Waals surface area contributed by atoms with Gasteiger partial charge >= 0.3 is 0 Å². The van der Waals surface area contributed by atoms with Crippen LogP contribution in [-0.4, -0.2) is 77.0 Å². The highest BCUT2D eigenvalue weighted by molar-refractivity contribution is 9.10. The molecule has 0 N–H and O–H groups in total. The van der Waals surface area contributed by atoms with Crippen LogP contribution in [0.25, 0.3) is 11.4 Å². The van der Waals surface area contributed by atoms with Gasteiger partial charge in [0.25, 0.3) is 0 Å². The molecule has 166 valence electrons. The van der Waals surface area contributed by atoms with Crippen molar-refractivity contribution in [2.24, 2.45) is 0 Å². The highest BCUT2D eigenvalue weighted by Gasteiger charge is 2.17. The standard InChI is InChI=1S/C20H26Br2N2O6/c1-25-3-5-27-7-9-29-17-11-15(21)13-23-19(17)20-18(12-16(22)14-24-20)30-10-8-28-6-4-26-2/h11-14H,3-10H2,1-2H3. The van der Waals surface area contributed by atoms with Gasteiger partial charge < -0.3 is 28.4 Å². The van der Waals surface area contributed by atoms with Crippen molar-refractivity contribution in [3.8, 4) is 22.9 Å². The Bertz CT molecular complexity index is 703. The quantitative estimate of drug-likeness (QED) is 0.311. The molecule has 0 aliphatic carbocycles. The smallest absolute Gasteiger partial charge is 0.148 e. The fraction of sp³-hybridized carbons (Fsp3) is 0.500. The Morgan fingerprint density at radius 2 is 1.03 bits per heavy atom. The summed E-state index contributed by atoms with van der Waals surface area (Å²) in [5, 5.41) is 0. The van der Waals surface area contributed by atoms with Crippen molar-refractivity contribution < 1.29 is 28.4 Å². The maximum Gasteiger partial charge on any atom is 0.148 e. The van der Waals surface area contributed by atoms with Crippen LogP contribution in [0.4, 0.5) is 0 Å². The van der Waals surface area contributed by atoms with Gasteiger partial charge in [0.1, 0.15) is 36.1 Å². The summed E-state index contributed by atoms with van der Waals surface area (Å²) in [4.78, 5) is 9.00. The van der Waals surface area contributed by atoms with Crippen molar-refractivity contribution in [2.45, 2.75) is 0 Å². The number of halogens is 2. The lowest BCUT2D eigenvalue weighted by Gasteiger charge is -2.15. The summed E-state index contributed by atoms with van der Waals surface area (Å²) in [6.45, 7) is 3.73. The number of hydrogen-bond acceptors (Lipinski definition) is 8. The second kappa shape index (κ2) is 14.7. The number of pyridine rings is 2. The zero-order valence-corrected chi connectivity index (χ0v) is 20.2. The zero-order chi connectivity index (χ0) is 21.6. The van der Waals surface area contributed by atoms with Gasteiger partial charge in [-0.25, -0.2) is 9.97 Å². The van der Waals surface area contributed by atoms with E-state index in [9.17, 15) is 0 Å². The van der Waals surface area contributed by atoms with Gasteiger partial charge in [-0.1, -0.05) is 0 Å². The number of nitrogens with zero attached hydrogens (tertiary/aromatic N) is 2. The SMILES string of the molecule is COCCOCCOc1cc(Br)cnc1-c1ncc(Br)cc1OCCOCCOC. The Balaban J connectivity index is 2.07. The Kier molecular flexibility index (Phi) is 12.2. The van der Waals surface area contributed by atoms with Crippen molar-refractivity contribution in [1.29, 1.82) is 0 Å². The third kappa shape index (κ3) is 8.83. The molecule has 0 radical (unpaired) electrons. The molecule has 0 aliphatic heterocycles. The van der Waals surface area contributed by atoms with Crippen molar-refractivity contribution >= 4 is 31.9 Å². The van der Waals surface area contributed by atoms with Crippen molar-refractivity contribution in [2.75, 3.05) is 67.1 Å². The summed E-state index contributed by atoms with van der Waals surface area (Å²) >= 11 is 6.88. The number of methoxy groups -OCH3 is 2. The molecule has 0 saturated carbocycles. The van der Waals surface area contributed by atoms with E-state index >= 15 is 0 Å². The maximum atomic E-state index is 5.90. The molecule has 2 aromatic heterocycles. The van der Waals surface area contributed by atoms with Crippen LogP contribution in [0.5, 0.6) is 11.5 Å². The van der Waals surface area contributed by atoms with Crippen LogP contribution in [0, 0.1) is 0 Å². The first-order valence-electron chi connectivity index (χ1n) is 9.36. The molecule has 2 rings (SSSR count). The van der Waals surface area contributed by atoms with Gasteiger partial charge in [-0.3, -0.25) is 0 Å². The van der Waals surface area contributed by atoms with Gasteiger partial charge in [-0.05, 0) is 44.0 Å². The van der Waals surface area contributed by atoms with E-state index in [0.29, 0.717) is 75.7 Å². The molecule has 0 atom stereocenters. The monoisotopic (exact) mass is 548 g/mol. The predicted octanol–water partition coefficient (Wildman–Crippen LogP) is 3.75. The van der Waals surface area contributed by atoms with E-state index in [1.807, 2.05) is 12.1 Å². The minimum absolute atomic E-state index is 0.370. The highest BCUT2D eigenvalue weighted by atomic mass is 79.9. The number of hydrogen-bond donors (Lipinski definition) is 0. The molecule has 0 fully saturated rings. The third-order valence-electron chi connectivity index (χ3n) is 3.70. The zero-order valence-electron chi connectivity index (χ0n) is 17.1. The summed E-state index contributed by atoms with van der Waals surface area (Å²) in [5.74, 6) is 1.16. The van der Waals surface area contributed by atoms with Gasteiger partial charge in [0.2, 0.25) is 0 Å². The van der Waals surface area contributed by atoms with Crippen LogP contribution in [0.2, 0.25) is 0 Å². The Morgan fingerprint density at radius 3 is 1.43 bits per heavy atom. The van der Waals surface area contributed by atoms with Gasteiger partial charge in [0, 0.05) is 35.6 Å². The Labute approximate surface area is 193 Å². The highest BCUT2D eigenvalue weighted by Crippen LogP contribution is 2.36. The van der Waals surface area contributed by atoms with E-state index in [1.165, 1.54) is 0 Å². The van der Waals surface area contributed by atoms with Crippen LogP contribution in [0.1, 0.15) is 0 Å². The molecule has 2 heterocycles. The van der Waals surface area contributed by atoms with Crippen LogP contribution in [0.15, 0.2) is 33.5 Å². The number of aromatic nitrogens is 2. The topological polar surface area (TPSA) is 81.2 Å². The normalized spacial score (nSPS) is 10.9. The fourth-order valence-electron chi connectivity index (χ4n) is 2.33. The molecule has 8 nitrogen and oxygen atoms in total. The van der Waals surface area contributed by atoms with Crippen LogP contribution in [-0.2, 0) is 18.9 Å². The summed E-state index contributed by atoms with van der Waals surface area (Å²) in [6, 6.07) is 3.69. The van der Waals surface area contributed by atoms with E-state index in [-0.39, 0.29) is 0 Å². The average molecular weight is 550 g/mol. The average Bonchev–Trinajstić information content (AvgIpc) is 2.74. The lowest BCUT2D eigenvalue weighted by molar-refractivity contribution is 0.0541. The molecule has 0 unspecified atom stereocenters. The number of ether oxygens (including phenoxy) is 6. The van der Waals surface area contributed by atoms with E-state index in [2.05, 4.69) is 41.8 Å². The molecule has 0 bridgehead atoms. The summed E-state index contributed by atoms with van der Waals surface area (Å²) < 4.78 is 34.2. The second-order valence-corrected chi connectivity index (χ2v) is 7.74. The van der Waals surface area contributed by atoms with Crippen molar-refractivity contribution in [3.63, 3.8) is 0 Å². The van der Waals surface area contributed by atoms with Crippen molar-refractivity contribution in [1.82, 2.24) is 9.97 Å². The lowest BCUT2D eigenvalue weighted by Crippen LogP contribution is -2.12. The second-order valence-electron chi connectivity index (χ2n) is 5.91. The summed E-state index contributed by atoms with van der Waals surface area (Å²) in [6.07, 6.45) is 3.39. The molecular weight excluding hydrogens is 524 g/mol. The van der Waals surface area contributed by atoms with Crippen LogP contribution >= 0.6 is 31.9 Å². The van der Waals surface area contributed by atoms with E-state index in [1.54, 1.807) is 26.6 Å². The van der Waals surface area contributed by atoms with Crippen LogP contribution in [0.3, 0.4) is 0 Å². The Hall–Kier alpha value is -1.30. The molecule has 0 aliphatic rings. The molecule has 0 saturated heterocycles. The molecular formula is C20H26Br2N2O6. The first-order valence-corrected chi connectivity index (χ1v) is 10.9. The Morgan fingerprint density at radius 1 is 0.633 bits per heavy atom. The predicted molar refractivity (Wildman–Crippen MR) is 119 cm³/mol. The van der Waals surface area contributed by atoms with Gasteiger partial charge in [-0.2, -0.15) is 0 Å². The minimum atomic E-state index is 0.370. The minimum Gasteiger partial charge on any atom is -0.489 e. The summed E-state index contributed by atoms with van der Waals surface area (Å²) in [5.41, 5.74) is 1.16. The van der Waals surface area contributed by atoms with Gasteiger partial charge in [0.15, 0.2) is 0 Å². The third-order valence-corrected chi connectivity index (χ3v) is 4.56. The number of rotatable bonds is 15. The molecule has 0 amide bonds. The largest absolute Gasteiger partial charge is 0.489 e. The van der Waals surface area contributed by atoms with E-state index in [4.69, 9.17) is 28.4 Å². The fourth-order valence-corrected chi connectivity index (χ4v) is 2.95. The molecule has 0 aromatic carbocycles. The van der Waals surface area contributed by atoms with E-state index in [0.717, 1.165) is 8.95 Å². The maximum absolute atomic E-state index is 5.90. The first-order chi connectivity index (χ1) is 14.7. The molecule has 0 spiro atoms.